The van der Waals surface area contributed by atoms with Gasteiger partial charge in [0.05, 0.1) is 17.4 Å². The molecule has 1 fully saturated rings. The summed E-state index contributed by atoms with van der Waals surface area (Å²) in [4.78, 5) is 31.0. The van der Waals surface area contributed by atoms with Crippen molar-refractivity contribution in [3.63, 3.8) is 0 Å². The van der Waals surface area contributed by atoms with Crippen LogP contribution in [0.2, 0.25) is 0 Å². The monoisotopic (exact) mass is 434 g/mol. The highest BCUT2D eigenvalue weighted by Crippen LogP contribution is 2.38. The van der Waals surface area contributed by atoms with Gasteiger partial charge in [-0.3, -0.25) is 9.78 Å². The third-order valence-electron chi connectivity index (χ3n) is 5.93. The third kappa shape index (κ3) is 4.22. The van der Waals surface area contributed by atoms with E-state index in [1.807, 2.05) is 63.1 Å². The summed E-state index contributed by atoms with van der Waals surface area (Å²) >= 11 is 0. The van der Waals surface area contributed by atoms with Gasteiger partial charge in [-0.05, 0) is 49.3 Å². The van der Waals surface area contributed by atoms with Crippen LogP contribution < -0.4 is 4.90 Å². The number of amides is 1. The number of likely N-dealkylation sites (tertiary alicyclic amines) is 1. The van der Waals surface area contributed by atoms with E-state index in [0.29, 0.717) is 12.5 Å². The Kier molecular flexibility index (Phi) is 6.21. The molecule has 0 radical (unpaired) electrons. The van der Waals surface area contributed by atoms with Crippen LogP contribution in [0.15, 0.2) is 35.2 Å². The van der Waals surface area contributed by atoms with Crippen molar-refractivity contribution >= 4 is 11.9 Å². The molecule has 3 aromatic rings. The van der Waals surface area contributed by atoms with Crippen molar-refractivity contribution in [1.29, 1.82) is 0 Å². The molecule has 1 unspecified atom stereocenters. The van der Waals surface area contributed by atoms with Crippen LogP contribution in [-0.2, 0) is 0 Å². The number of nitrogens with zero attached hydrogens (tertiary/aromatic N) is 6. The first kappa shape index (κ1) is 21.9. The molecule has 1 amide bonds. The highest BCUT2D eigenvalue weighted by molar-refractivity contribution is 5.92. The summed E-state index contributed by atoms with van der Waals surface area (Å²) in [5.41, 5.74) is 4.64. The molecular weight excluding hydrogens is 404 g/mol. The standard InChI is InChI=1S/C24H30N6O2/c1-15(2)19-12-21(32-28-19)23(31)30-11-7-6-8-20(30)22-18(14-26-24(27-22)29(4)5)17-9-10-25-13-16(17)3/h9-10,12-15,20H,6-8,11H2,1-5H3. The molecule has 3 aromatic heterocycles. The number of pyridine rings is 1. The Hall–Kier alpha value is -3.29. The van der Waals surface area contributed by atoms with Crippen molar-refractivity contribution in [3.05, 3.63) is 53.4 Å². The van der Waals surface area contributed by atoms with Gasteiger partial charge < -0.3 is 14.3 Å². The molecule has 4 rings (SSSR count). The minimum Gasteiger partial charge on any atom is -0.351 e. The lowest BCUT2D eigenvalue weighted by Crippen LogP contribution is -2.39. The first-order valence-corrected chi connectivity index (χ1v) is 11.1. The SMILES string of the molecule is Cc1cnccc1-c1cnc(N(C)C)nc1C1CCCCN1C(=O)c1cc(C(C)C)no1. The Labute approximate surface area is 188 Å². The number of hydrogen-bond donors (Lipinski definition) is 0. The predicted molar refractivity (Wildman–Crippen MR) is 123 cm³/mol. The molecule has 1 aliphatic heterocycles. The lowest BCUT2D eigenvalue weighted by atomic mass is 9.92. The second kappa shape index (κ2) is 9.06. The van der Waals surface area contributed by atoms with Crippen LogP contribution in [-0.4, -0.2) is 51.6 Å². The van der Waals surface area contributed by atoms with Crippen LogP contribution >= 0.6 is 0 Å². The molecule has 1 saturated heterocycles. The lowest BCUT2D eigenvalue weighted by Gasteiger charge is -2.36. The summed E-state index contributed by atoms with van der Waals surface area (Å²) in [6.07, 6.45) is 8.28. The van der Waals surface area contributed by atoms with Gasteiger partial charge in [-0.2, -0.15) is 0 Å². The van der Waals surface area contributed by atoms with Gasteiger partial charge in [0.25, 0.3) is 5.91 Å². The Balaban J connectivity index is 1.79. The van der Waals surface area contributed by atoms with E-state index in [0.717, 1.165) is 47.3 Å². The second-order valence-electron chi connectivity index (χ2n) is 8.83. The quantitative estimate of drug-likeness (QED) is 0.588. The lowest BCUT2D eigenvalue weighted by molar-refractivity contribution is 0.0564. The van der Waals surface area contributed by atoms with E-state index in [1.54, 1.807) is 12.3 Å². The minimum atomic E-state index is -0.173. The van der Waals surface area contributed by atoms with E-state index in [-0.39, 0.29) is 23.6 Å². The molecule has 0 aliphatic carbocycles. The van der Waals surface area contributed by atoms with Crippen LogP contribution in [0.3, 0.4) is 0 Å². The van der Waals surface area contributed by atoms with Gasteiger partial charge in [0, 0.05) is 50.9 Å². The van der Waals surface area contributed by atoms with Crippen molar-refractivity contribution in [2.75, 3.05) is 25.5 Å². The first-order chi connectivity index (χ1) is 15.4. The van der Waals surface area contributed by atoms with Crippen molar-refractivity contribution in [2.24, 2.45) is 0 Å². The van der Waals surface area contributed by atoms with Crippen LogP contribution in [0.4, 0.5) is 5.95 Å². The number of anilines is 1. The van der Waals surface area contributed by atoms with Crippen molar-refractivity contribution in [3.8, 4) is 11.1 Å². The molecule has 0 bridgehead atoms. The van der Waals surface area contributed by atoms with Crippen molar-refractivity contribution in [1.82, 2.24) is 25.0 Å². The fourth-order valence-electron chi connectivity index (χ4n) is 4.10. The molecule has 8 nitrogen and oxygen atoms in total. The maximum atomic E-state index is 13.5. The molecule has 0 N–H and O–H groups in total. The topological polar surface area (TPSA) is 88.3 Å². The largest absolute Gasteiger partial charge is 0.351 e. The molecule has 0 aromatic carbocycles. The second-order valence-corrected chi connectivity index (χ2v) is 8.83. The zero-order chi connectivity index (χ0) is 22.8. The number of rotatable bonds is 5. The van der Waals surface area contributed by atoms with Gasteiger partial charge >= 0.3 is 0 Å². The van der Waals surface area contributed by atoms with E-state index in [1.165, 1.54) is 0 Å². The van der Waals surface area contributed by atoms with E-state index in [9.17, 15) is 4.79 Å². The summed E-state index contributed by atoms with van der Waals surface area (Å²) in [6.45, 7) is 6.74. The summed E-state index contributed by atoms with van der Waals surface area (Å²) in [6, 6.07) is 3.57. The number of aromatic nitrogens is 4. The molecule has 1 aliphatic rings. The maximum absolute atomic E-state index is 13.5. The Morgan fingerprint density at radius 2 is 2.03 bits per heavy atom. The zero-order valence-corrected chi connectivity index (χ0v) is 19.4. The molecule has 8 heteroatoms. The Bertz CT molecular complexity index is 1110. The Morgan fingerprint density at radius 3 is 2.72 bits per heavy atom. The highest BCUT2D eigenvalue weighted by Gasteiger charge is 2.34. The van der Waals surface area contributed by atoms with Crippen LogP contribution in [0, 0.1) is 6.92 Å². The summed E-state index contributed by atoms with van der Waals surface area (Å²) in [7, 11) is 3.84. The molecule has 0 saturated carbocycles. The minimum absolute atomic E-state index is 0.142. The van der Waals surface area contributed by atoms with Gasteiger partial charge in [0.1, 0.15) is 0 Å². The van der Waals surface area contributed by atoms with Gasteiger partial charge in [-0.15, -0.1) is 0 Å². The predicted octanol–water partition coefficient (Wildman–Crippen LogP) is 4.39. The van der Waals surface area contributed by atoms with E-state index >= 15 is 0 Å². The molecule has 4 heterocycles. The molecule has 32 heavy (non-hydrogen) atoms. The normalized spacial score (nSPS) is 16.4. The fraction of sp³-hybridized carbons (Fsp3) is 0.458. The molecule has 168 valence electrons. The van der Waals surface area contributed by atoms with Gasteiger partial charge in [-0.25, -0.2) is 9.97 Å². The summed E-state index contributed by atoms with van der Waals surface area (Å²) < 4.78 is 5.43. The average Bonchev–Trinajstić information content (AvgIpc) is 3.29. The van der Waals surface area contributed by atoms with Crippen LogP contribution in [0.5, 0.6) is 0 Å². The molecular formula is C24H30N6O2. The van der Waals surface area contributed by atoms with Crippen molar-refractivity contribution < 1.29 is 9.32 Å². The van der Waals surface area contributed by atoms with E-state index < -0.39 is 0 Å². The Morgan fingerprint density at radius 1 is 1.22 bits per heavy atom. The summed E-state index contributed by atoms with van der Waals surface area (Å²) in [5, 5.41) is 4.08. The number of aryl methyl sites for hydroxylation is 1. The molecule has 0 spiro atoms. The zero-order valence-electron chi connectivity index (χ0n) is 19.4. The molecule has 1 atom stereocenters. The van der Waals surface area contributed by atoms with Gasteiger partial charge in [0.2, 0.25) is 11.7 Å². The van der Waals surface area contributed by atoms with Gasteiger partial charge in [0.15, 0.2) is 0 Å². The van der Waals surface area contributed by atoms with Crippen LogP contribution in [0.25, 0.3) is 11.1 Å². The third-order valence-corrected chi connectivity index (χ3v) is 5.93. The number of piperidine rings is 1. The van der Waals surface area contributed by atoms with Crippen LogP contribution in [0.1, 0.15) is 72.6 Å². The highest BCUT2D eigenvalue weighted by atomic mass is 16.5. The first-order valence-electron chi connectivity index (χ1n) is 11.1. The fourth-order valence-corrected chi connectivity index (χ4v) is 4.10. The number of hydrogen-bond acceptors (Lipinski definition) is 7. The number of carbonyl (C=O) groups is 1. The smallest absolute Gasteiger partial charge is 0.293 e. The van der Waals surface area contributed by atoms with E-state index in [2.05, 4.69) is 15.1 Å². The maximum Gasteiger partial charge on any atom is 0.293 e. The van der Waals surface area contributed by atoms with Crippen molar-refractivity contribution in [2.45, 2.75) is 52.0 Å². The van der Waals surface area contributed by atoms with E-state index in [4.69, 9.17) is 9.51 Å². The number of carbonyl (C=O) groups excluding carboxylic acids is 1. The average molecular weight is 435 g/mol. The van der Waals surface area contributed by atoms with Gasteiger partial charge in [-0.1, -0.05) is 19.0 Å². The summed E-state index contributed by atoms with van der Waals surface area (Å²) in [5.74, 6) is 0.957.